The predicted molar refractivity (Wildman–Crippen MR) is 122 cm³/mol. The van der Waals surface area contributed by atoms with Gasteiger partial charge in [0.1, 0.15) is 16.2 Å². The van der Waals surface area contributed by atoms with Crippen LogP contribution in [0, 0.1) is 0 Å². The van der Waals surface area contributed by atoms with Crippen LogP contribution in [-0.2, 0) is 0 Å². The molecule has 1 aliphatic rings. The summed E-state index contributed by atoms with van der Waals surface area (Å²) in [6.45, 7) is 5.37. The molecule has 1 aliphatic heterocycles. The molecule has 0 spiro atoms. The minimum Gasteiger partial charge on any atom is -0.369 e. The Kier molecular flexibility index (Phi) is 5.02. The van der Waals surface area contributed by atoms with E-state index >= 15 is 0 Å². The van der Waals surface area contributed by atoms with Crippen LogP contribution in [0.1, 0.15) is 6.92 Å². The molecule has 152 valence electrons. The van der Waals surface area contributed by atoms with Gasteiger partial charge in [-0.3, -0.25) is 4.98 Å². The molecule has 4 aromatic rings. The zero-order chi connectivity index (χ0) is 20.5. The molecule has 8 heteroatoms. The number of likely N-dealkylation sites (N-methyl/N-ethyl adjacent to an activating group) is 1. The highest BCUT2D eigenvalue weighted by Gasteiger charge is 2.21. The Labute approximate surface area is 179 Å². The first-order valence-corrected chi connectivity index (χ1v) is 10.8. The summed E-state index contributed by atoms with van der Waals surface area (Å²) in [5.74, 6) is 0.799. The van der Waals surface area contributed by atoms with Crippen molar-refractivity contribution in [2.45, 2.75) is 13.0 Å². The summed E-state index contributed by atoms with van der Waals surface area (Å²) in [5, 5.41) is 4.15. The smallest absolute Gasteiger partial charge is 0.190 e. The van der Waals surface area contributed by atoms with E-state index in [2.05, 4.69) is 56.2 Å². The topological polar surface area (TPSA) is 70.1 Å². The number of nitrogens with one attached hydrogen (secondary N) is 1. The summed E-state index contributed by atoms with van der Waals surface area (Å²) >= 11 is 1.53. The number of fused-ring (bicyclic) bond motifs is 1. The number of pyridine rings is 3. The van der Waals surface area contributed by atoms with E-state index in [9.17, 15) is 0 Å². The first-order chi connectivity index (χ1) is 14.7. The Morgan fingerprint density at radius 1 is 1.03 bits per heavy atom. The first-order valence-electron chi connectivity index (χ1n) is 10.0. The van der Waals surface area contributed by atoms with E-state index in [1.807, 2.05) is 30.5 Å². The number of nitrogens with zero attached hydrogens (tertiary/aromatic N) is 6. The predicted octanol–water partition coefficient (Wildman–Crippen LogP) is 4.03. The lowest BCUT2D eigenvalue weighted by Gasteiger charge is -2.39. The van der Waals surface area contributed by atoms with E-state index in [0.717, 1.165) is 52.2 Å². The number of hydrogen-bond acceptors (Lipinski definition) is 8. The number of anilines is 3. The van der Waals surface area contributed by atoms with Crippen molar-refractivity contribution in [2.24, 2.45) is 0 Å². The van der Waals surface area contributed by atoms with Crippen LogP contribution in [0.25, 0.3) is 21.6 Å². The molecule has 1 saturated heterocycles. The van der Waals surface area contributed by atoms with Crippen molar-refractivity contribution in [3.05, 3.63) is 55.0 Å². The number of aromatic nitrogens is 4. The minimum atomic E-state index is 0.535. The Hall–Kier alpha value is -3.10. The summed E-state index contributed by atoms with van der Waals surface area (Å²) < 4.78 is 0. The van der Waals surface area contributed by atoms with E-state index < -0.39 is 0 Å². The highest BCUT2D eigenvalue weighted by molar-refractivity contribution is 7.21. The zero-order valence-electron chi connectivity index (χ0n) is 17.0. The fraction of sp³-hybridized carbons (Fsp3) is 0.273. The van der Waals surface area contributed by atoms with Crippen LogP contribution in [0.2, 0.25) is 0 Å². The van der Waals surface area contributed by atoms with Crippen molar-refractivity contribution in [3.8, 4) is 11.3 Å². The van der Waals surface area contributed by atoms with Gasteiger partial charge in [0.15, 0.2) is 5.13 Å². The Morgan fingerprint density at radius 2 is 1.90 bits per heavy atom. The molecule has 7 nitrogen and oxygen atoms in total. The second kappa shape index (κ2) is 7.97. The van der Waals surface area contributed by atoms with Gasteiger partial charge in [0.2, 0.25) is 0 Å². The van der Waals surface area contributed by atoms with Gasteiger partial charge in [0, 0.05) is 61.6 Å². The molecular weight excluding hydrogens is 394 g/mol. The van der Waals surface area contributed by atoms with Crippen LogP contribution in [-0.4, -0.2) is 57.6 Å². The lowest BCUT2D eigenvalue weighted by atomic mass is 10.2. The molecular formula is C22H23N7S. The third-order valence-corrected chi connectivity index (χ3v) is 6.42. The summed E-state index contributed by atoms with van der Waals surface area (Å²) in [5.41, 5.74) is 4.03. The molecule has 4 aromatic heterocycles. The largest absolute Gasteiger partial charge is 0.369 e. The van der Waals surface area contributed by atoms with Gasteiger partial charge in [-0.15, -0.1) is 0 Å². The third kappa shape index (κ3) is 3.83. The van der Waals surface area contributed by atoms with Crippen LogP contribution in [0.4, 0.5) is 16.6 Å². The standard InChI is InChI=1S/C22H23N7S/c1-15-14-29(12-11-28(15)2)17-7-10-24-20(13-17)27-22-26-19-4-3-18(25-21(19)30-22)16-5-8-23-9-6-16/h3-10,13,15H,11-12,14H2,1-2H3,(H,24,26,27). The Morgan fingerprint density at radius 3 is 2.73 bits per heavy atom. The van der Waals surface area contributed by atoms with Gasteiger partial charge in [-0.05, 0) is 44.3 Å². The van der Waals surface area contributed by atoms with Crippen molar-refractivity contribution in [2.75, 3.05) is 36.9 Å². The number of hydrogen-bond donors (Lipinski definition) is 1. The number of piperazine rings is 1. The fourth-order valence-electron chi connectivity index (χ4n) is 3.63. The zero-order valence-corrected chi connectivity index (χ0v) is 17.8. The molecule has 0 aliphatic carbocycles. The van der Waals surface area contributed by atoms with E-state index in [-0.39, 0.29) is 0 Å². The summed E-state index contributed by atoms with van der Waals surface area (Å²) in [6.07, 6.45) is 5.41. The van der Waals surface area contributed by atoms with Gasteiger partial charge in [0.05, 0.1) is 5.69 Å². The van der Waals surface area contributed by atoms with Crippen molar-refractivity contribution in [1.29, 1.82) is 0 Å². The third-order valence-electron chi connectivity index (χ3n) is 5.53. The van der Waals surface area contributed by atoms with Gasteiger partial charge in [0.25, 0.3) is 0 Å². The SMILES string of the molecule is CC1CN(c2ccnc(Nc3nc4ccc(-c5ccncc5)nc4s3)c2)CCN1C. The molecule has 1 unspecified atom stereocenters. The van der Waals surface area contributed by atoms with Crippen molar-refractivity contribution in [3.63, 3.8) is 0 Å². The Bertz CT molecular complexity index is 1160. The minimum absolute atomic E-state index is 0.535. The molecule has 1 atom stereocenters. The van der Waals surface area contributed by atoms with Gasteiger partial charge in [-0.1, -0.05) is 11.3 Å². The van der Waals surface area contributed by atoms with Crippen molar-refractivity contribution >= 4 is 38.3 Å². The number of thiazole rings is 1. The molecule has 5 rings (SSSR count). The first kappa shape index (κ1) is 18.9. The van der Waals surface area contributed by atoms with Gasteiger partial charge in [-0.2, -0.15) is 0 Å². The Balaban J connectivity index is 1.37. The molecule has 5 heterocycles. The van der Waals surface area contributed by atoms with Gasteiger partial charge in [-0.25, -0.2) is 15.0 Å². The lowest BCUT2D eigenvalue weighted by Crippen LogP contribution is -2.50. The molecule has 1 N–H and O–H groups in total. The molecule has 1 fully saturated rings. The van der Waals surface area contributed by atoms with Crippen LogP contribution < -0.4 is 10.2 Å². The molecule has 0 saturated carbocycles. The monoisotopic (exact) mass is 417 g/mol. The fourth-order valence-corrected chi connectivity index (χ4v) is 4.48. The van der Waals surface area contributed by atoms with Crippen LogP contribution >= 0.6 is 11.3 Å². The lowest BCUT2D eigenvalue weighted by molar-refractivity contribution is 0.234. The number of rotatable bonds is 4. The van der Waals surface area contributed by atoms with E-state index in [1.54, 1.807) is 12.4 Å². The second-order valence-corrected chi connectivity index (χ2v) is 8.55. The molecule has 0 radical (unpaired) electrons. The summed E-state index contributed by atoms with van der Waals surface area (Å²) in [7, 11) is 2.18. The highest BCUT2D eigenvalue weighted by atomic mass is 32.1. The maximum Gasteiger partial charge on any atom is 0.190 e. The average molecular weight is 418 g/mol. The van der Waals surface area contributed by atoms with Crippen LogP contribution in [0.15, 0.2) is 55.0 Å². The van der Waals surface area contributed by atoms with E-state index in [0.29, 0.717) is 6.04 Å². The molecule has 0 amide bonds. The maximum absolute atomic E-state index is 4.77. The van der Waals surface area contributed by atoms with Crippen molar-refractivity contribution in [1.82, 2.24) is 24.8 Å². The average Bonchev–Trinajstić information content (AvgIpc) is 3.18. The van der Waals surface area contributed by atoms with Gasteiger partial charge < -0.3 is 15.1 Å². The summed E-state index contributed by atoms with van der Waals surface area (Å²) in [6, 6.07) is 12.6. The highest BCUT2D eigenvalue weighted by Crippen LogP contribution is 2.30. The molecule has 0 aromatic carbocycles. The van der Waals surface area contributed by atoms with E-state index in [1.165, 1.54) is 17.0 Å². The second-order valence-electron chi connectivity index (χ2n) is 7.58. The normalized spacial score (nSPS) is 17.4. The molecule has 30 heavy (non-hydrogen) atoms. The van der Waals surface area contributed by atoms with Crippen molar-refractivity contribution < 1.29 is 0 Å². The van der Waals surface area contributed by atoms with Crippen LogP contribution in [0.5, 0.6) is 0 Å². The summed E-state index contributed by atoms with van der Waals surface area (Å²) in [4.78, 5) is 23.7. The molecule has 0 bridgehead atoms. The van der Waals surface area contributed by atoms with E-state index in [4.69, 9.17) is 4.98 Å². The quantitative estimate of drug-likeness (QED) is 0.537. The maximum atomic E-state index is 4.77. The van der Waals surface area contributed by atoms with Gasteiger partial charge >= 0.3 is 0 Å². The van der Waals surface area contributed by atoms with Crippen LogP contribution in [0.3, 0.4) is 0 Å².